The van der Waals surface area contributed by atoms with Crippen LogP contribution in [-0.4, -0.2) is 32.1 Å². The number of nitrogens with one attached hydrogen (secondary N) is 2. The molecule has 4 aromatic rings. The maximum atomic E-state index is 13.2. The number of carbonyl (C=O) groups excluding carboxylic acids is 1. The number of anilines is 1. The van der Waals surface area contributed by atoms with E-state index in [9.17, 15) is 4.79 Å². The second-order valence-electron chi connectivity index (χ2n) is 7.02. The molecule has 1 aromatic carbocycles. The van der Waals surface area contributed by atoms with Crippen molar-refractivity contribution in [3.63, 3.8) is 0 Å². The standard InChI is InChI=1S/C23H22N6OS/c1-16(19-9-5-6-12-25-19)26-20(15-17-7-3-2-4-8-17)21(30)27-23-29-28-22(31-23)18-10-13-24-14-11-18/h2-14,16,20,26H,15H2,1H3,(H,27,29,30)/t16-,20-/m0/s1. The van der Waals surface area contributed by atoms with Gasteiger partial charge in [0.1, 0.15) is 5.01 Å². The van der Waals surface area contributed by atoms with Gasteiger partial charge in [-0.3, -0.25) is 25.4 Å². The third-order valence-electron chi connectivity index (χ3n) is 4.76. The molecule has 31 heavy (non-hydrogen) atoms. The largest absolute Gasteiger partial charge is 0.299 e. The maximum Gasteiger partial charge on any atom is 0.243 e. The van der Waals surface area contributed by atoms with E-state index in [0.717, 1.165) is 21.8 Å². The Morgan fingerprint density at radius 3 is 2.48 bits per heavy atom. The van der Waals surface area contributed by atoms with Gasteiger partial charge in [-0.05, 0) is 43.2 Å². The molecule has 1 amide bonds. The van der Waals surface area contributed by atoms with Gasteiger partial charge in [0, 0.05) is 30.2 Å². The Bertz CT molecular complexity index is 1100. The molecule has 0 aliphatic rings. The lowest BCUT2D eigenvalue weighted by Crippen LogP contribution is -2.43. The van der Waals surface area contributed by atoms with E-state index in [2.05, 4.69) is 30.8 Å². The van der Waals surface area contributed by atoms with E-state index in [-0.39, 0.29) is 11.9 Å². The average molecular weight is 431 g/mol. The Hall–Kier alpha value is -3.49. The van der Waals surface area contributed by atoms with Crippen LogP contribution in [0.15, 0.2) is 79.3 Å². The third-order valence-corrected chi connectivity index (χ3v) is 5.65. The maximum absolute atomic E-state index is 13.2. The van der Waals surface area contributed by atoms with E-state index >= 15 is 0 Å². The predicted molar refractivity (Wildman–Crippen MR) is 121 cm³/mol. The predicted octanol–water partition coefficient (Wildman–Crippen LogP) is 3.90. The Balaban J connectivity index is 1.50. The summed E-state index contributed by atoms with van der Waals surface area (Å²) < 4.78 is 0. The van der Waals surface area contributed by atoms with Crippen molar-refractivity contribution >= 4 is 22.4 Å². The van der Waals surface area contributed by atoms with Crippen LogP contribution in [0.25, 0.3) is 10.6 Å². The second-order valence-corrected chi connectivity index (χ2v) is 8.00. The van der Waals surface area contributed by atoms with Crippen molar-refractivity contribution in [2.75, 3.05) is 5.32 Å². The van der Waals surface area contributed by atoms with E-state index in [0.29, 0.717) is 11.6 Å². The monoisotopic (exact) mass is 430 g/mol. The van der Waals surface area contributed by atoms with Crippen LogP contribution in [0.4, 0.5) is 5.13 Å². The van der Waals surface area contributed by atoms with Crippen LogP contribution < -0.4 is 10.6 Å². The van der Waals surface area contributed by atoms with Crippen LogP contribution in [0.2, 0.25) is 0 Å². The molecule has 3 aromatic heterocycles. The minimum Gasteiger partial charge on any atom is -0.299 e. The van der Waals surface area contributed by atoms with Gasteiger partial charge >= 0.3 is 0 Å². The SMILES string of the molecule is C[C@H](N[C@@H](Cc1ccccc1)C(=O)Nc1nnc(-c2ccncc2)s1)c1ccccn1. The van der Waals surface area contributed by atoms with Gasteiger partial charge < -0.3 is 0 Å². The number of hydrogen-bond acceptors (Lipinski definition) is 7. The summed E-state index contributed by atoms with van der Waals surface area (Å²) in [5.41, 5.74) is 2.86. The van der Waals surface area contributed by atoms with Crippen LogP contribution in [0.1, 0.15) is 24.2 Å². The average Bonchev–Trinajstić information content (AvgIpc) is 3.29. The lowest BCUT2D eigenvalue weighted by molar-refractivity contribution is -0.118. The molecular formula is C23H22N6OS. The van der Waals surface area contributed by atoms with Gasteiger partial charge in [0.25, 0.3) is 0 Å². The summed E-state index contributed by atoms with van der Waals surface area (Å²) in [6.07, 6.45) is 5.70. The highest BCUT2D eigenvalue weighted by Crippen LogP contribution is 2.26. The number of aromatic nitrogens is 4. The molecule has 0 aliphatic heterocycles. The van der Waals surface area contributed by atoms with Crippen LogP contribution >= 0.6 is 11.3 Å². The molecule has 3 heterocycles. The zero-order chi connectivity index (χ0) is 21.5. The topological polar surface area (TPSA) is 92.7 Å². The van der Waals surface area contributed by atoms with Gasteiger partial charge in [-0.2, -0.15) is 0 Å². The van der Waals surface area contributed by atoms with Crippen molar-refractivity contribution in [2.45, 2.75) is 25.4 Å². The molecule has 7 nitrogen and oxygen atoms in total. The number of rotatable bonds is 8. The fourth-order valence-electron chi connectivity index (χ4n) is 3.17. The molecule has 8 heteroatoms. The molecule has 0 saturated heterocycles. The lowest BCUT2D eigenvalue weighted by atomic mass is 10.0. The minimum atomic E-state index is -0.465. The van der Waals surface area contributed by atoms with Crippen molar-refractivity contribution < 1.29 is 4.79 Å². The number of nitrogens with zero attached hydrogens (tertiary/aromatic N) is 4. The second kappa shape index (κ2) is 10.0. The summed E-state index contributed by atoms with van der Waals surface area (Å²) in [7, 11) is 0. The lowest BCUT2D eigenvalue weighted by Gasteiger charge is -2.22. The number of pyridine rings is 2. The molecule has 156 valence electrons. The van der Waals surface area contributed by atoms with E-state index in [4.69, 9.17) is 0 Å². The van der Waals surface area contributed by atoms with Gasteiger partial charge in [-0.25, -0.2) is 0 Å². The van der Waals surface area contributed by atoms with Gasteiger partial charge in [-0.15, -0.1) is 10.2 Å². The normalized spacial score (nSPS) is 12.8. The Morgan fingerprint density at radius 2 is 1.74 bits per heavy atom. The summed E-state index contributed by atoms with van der Waals surface area (Å²) in [5.74, 6) is -0.163. The van der Waals surface area contributed by atoms with Crippen LogP contribution in [0.3, 0.4) is 0 Å². The number of hydrogen-bond donors (Lipinski definition) is 2. The van der Waals surface area contributed by atoms with Crippen molar-refractivity contribution in [3.05, 3.63) is 90.5 Å². The highest BCUT2D eigenvalue weighted by molar-refractivity contribution is 7.18. The van der Waals surface area contributed by atoms with E-state index < -0.39 is 6.04 Å². The summed E-state index contributed by atoms with van der Waals surface area (Å²) in [5, 5.41) is 15.8. The van der Waals surface area contributed by atoms with Gasteiger partial charge in [0.2, 0.25) is 11.0 Å². The molecule has 0 spiro atoms. The zero-order valence-corrected chi connectivity index (χ0v) is 17.8. The van der Waals surface area contributed by atoms with Crippen molar-refractivity contribution in [1.82, 2.24) is 25.5 Å². The van der Waals surface area contributed by atoms with Crippen molar-refractivity contribution in [3.8, 4) is 10.6 Å². The Kier molecular flexibility index (Phi) is 6.71. The number of carbonyl (C=O) groups is 1. The fraction of sp³-hybridized carbons (Fsp3) is 0.174. The molecule has 0 saturated carbocycles. The van der Waals surface area contributed by atoms with E-state index in [1.54, 1.807) is 18.6 Å². The quantitative estimate of drug-likeness (QED) is 0.440. The van der Waals surface area contributed by atoms with Gasteiger partial charge in [0.05, 0.1) is 11.7 Å². The molecule has 0 bridgehead atoms. The summed E-state index contributed by atoms with van der Waals surface area (Å²) in [6.45, 7) is 2.00. The first kappa shape index (κ1) is 20.8. The highest BCUT2D eigenvalue weighted by Gasteiger charge is 2.23. The molecule has 2 N–H and O–H groups in total. The van der Waals surface area contributed by atoms with Gasteiger partial charge in [-0.1, -0.05) is 47.7 Å². The first-order valence-electron chi connectivity index (χ1n) is 9.95. The molecule has 0 aliphatic carbocycles. The minimum absolute atomic E-state index is 0.0949. The zero-order valence-electron chi connectivity index (χ0n) is 17.0. The Labute approximate surface area is 184 Å². The molecule has 0 fully saturated rings. The first-order valence-corrected chi connectivity index (χ1v) is 10.8. The smallest absolute Gasteiger partial charge is 0.243 e. The first-order chi connectivity index (χ1) is 15.2. The molecule has 0 radical (unpaired) electrons. The van der Waals surface area contributed by atoms with E-state index in [1.807, 2.05) is 67.6 Å². The summed E-state index contributed by atoms with van der Waals surface area (Å²) >= 11 is 1.33. The van der Waals surface area contributed by atoms with Gasteiger partial charge in [0.15, 0.2) is 0 Å². The van der Waals surface area contributed by atoms with Crippen LogP contribution in [0, 0.1) is 0 Å². The van der Waals surface area contributed by atoms with Crippen molar-refractivity contribution in [1.29, 1.82) is 0 Å². The third kappa shape index (κ3) is 5.56. The van der Waals surface area contributed by atoms with E-state index in [1.165, 1.54) is 11.3 Å². The molecule has 0 unspecified atom stereocenters. The molecular weight excluding hydrogens is 408 g/mol. The number of benzene rings is 1. The van der Waals surface area contributed by atoms with Crippen LogP contribution in [-0.2, 0) is 11.2 Å². The Morgan fingerprint density at radius 1 is 0.968 bits per heavy atom. The van der Waals surface area contributed by atoms with Crippen LogP contribution in [0.5, 0.6) is 0 Å². The summed E-state index contributed by atoms with van der Waals surface area (Å²) in [6, 6.07) is 18.9. The number of amides is 1. The fourth-order valence-corrected chi connectivity index (χ4v) is 3.93. The van der Waals surface area contributed by atoms with Crippen molar-refractivity contribution in [2.24, 2.45) is 0 Å². The summed E-state index contributed by atoms with van der Waals surface area (Å²) in [4.78, 5) is 21.6. The highest BCUT2D eigenvalue weighted by atomic mass is 32.1. The molecule has 4 rings (SSSR count). The molecule has 2 atom stereocenters.